The van der Waals surface area contributed by atoms with Crippen LogP contribution < -0.4 is 0 Å². The van der Waals surface area contributed by atoms with E-state index < -0.39 is 105 Å². The van der Waals surface area contributed by atoms with E-state index >= 15 is 0 Å². The highest BCUT2D eigenvalue weighted by molar-refractivity contribution is 4.95. The molecule has 0 aliphatic carbocycles. The largest absolute Gasteiger partial charge is 0.394 e. The smallest absolute Gasteiger partial charge is 0.187 e. The summed E-state index contributed by atoms with van der Waals surface area (Å²) in [5, 5.41) is 100.0. The Hall–Kier alpha value is -0.600. The first kappa shape index (κ1) is 27.0. The molecule has 0 spiro atoms. The predicted octanol–water partition coefficient (Wildman–Crippen LogP) is -6.55. The fraction of sp³-hybridized carbons (Fsp3) is 1.00. The molecular weight excluding hydrogens is 456 g/mol. The van der Waals surface area contributed by atoms with Crippen molar-refractivity contribution in [2.45, 2.75) is 99.0 Å². The fourth-order valence-electron chi connectivity index (χ4n) is 3.97. The monoisotopic (exact) mass is 488 g/mol. The summed E-state index contributed by atoms with van der Waals surface area (Å²) in [7, 11) is 0. The lowest BCUT2D eigenvalue weighted by molar-refractivity contribution is -0.386. The Labute approximate surface area is 187 Å². The van der Waals surface area contributed by atoms with Crippen molar-refractivity contribution < 1.29 is 74.7 Å². The van der Waals surface area contributed by atoms with Crippen LogP contribution in [0.3, 0.4) is 0 Å². The average molecular weight is 488 g/mol. The minimum Gasteiger partial charge on any atom is -0.394 e. The molecule has 15 nitrogen and oxygen atoms in total. The minimum atomic E-state index is -1.89. The van der Waals surface area contributed by atoms with Crippen LogP contribution in [0.5, 0.6) is 0 Å². The van der Waals surface area contributed by atoms with E-state index in [1.807, 2.05) is 0 Å². The fourth-order valence-corrected chi connectivity index (χ4v) is 3.97. The van der Waals surface area contributed by atoms with Gasteiger partial charge in [0.05, 0.1) is 19.3 Å². The van der Waals surface area contributed by atoms with Gasteiger partial charge in [-0.15, -0.1) is 0 Å². The van der Waals surface area contributed by atoms with E-state index in [1.165, 1.54) is 6.92 Å². The molecule has 3 heterocycles. The quantitative estimate of drug-likeness (QED) is 0.167. The third-order valence-electron chi connectivity index (χ3n) is 6.06. The molecule has 0 aromatic rings. The Bertz CT molecular complexity index is 624. The van der Waals surface area contributed by atoms with Crippen molar-refractivity contribution in [1.82, 2.24) is 0 Å². The number of rotatable bonds is 6. The lowest BCUT2D eigenvalue weighted by Gasteiger charge is -2.48. The Kier molecular flexibility index (Phi) is 8.99. The average Bonchev–Trinajstić information content (AvgIpc) is 2.79. The zero-order valence-electron chi connectivity index (χ0n) is 17.6. The zero-order valence-corrected chi connectivity index (χ0v) is 17.6. The number of aliphatic hydroxyl groups is 10. The summed E-state index contributed by atoms with van der Waals surface area (Å²) in [6, 6.07) is 0. The number of ether oxygens (including phenoxy) is 5. The summed E-state index contributed by atoms with van der Waals surface area (Å²) in [6.45, 7) is -0.107. The summed E-state index contributed by atoms with van der Waals surface area (Å²) in [5.41, 5.74) is 0. The van der Waals surface area contributed by atoms with E-state index in [0.29, 0.717) is 0 Å². The molecule has 0 saturated carbocycles. The minimum absolute atomic E-state index is 0.746. The molecule has 0 aromatic carbocycles. The molecular formula is C18H32O15. The predicted molar refractivity (Wildman–Crippen MR) is 99.8 cm³/mol. The van der Waals surface area contributed by atoms with Crippen LogP contribution in [-0.2, 0) is 23.7 Å². The third-order valence-corrected chi connectivity index (χ3v) is 6.06. The highest BCUT2D eigenvalue weighted by Crippen LogP contribution is 2.32. The van der Waals surface area contributed by atoms with Gasteiger partial charge in [-0.2, -0.15) is 0 Å². The van der Waals surface area contributed by atoms with Gasteiger partial charge >= 0.3 is 0 Å². The van der Waals surface area contributed by atoms with Crippen molar-refractivity contribution in [3.05, 3.63) is 0 Å². The van der Waals surface area contributed by atoms with Gasteiger partial charge in [-0.3, -0.25) is 0 Å². The molecule has 10 N–H and O–H groups in total. The highest BCUT2D eigenvalue weighted by Gasteiger charge is 2.53. The van der Waals surface area contributed by atoms with Gasteiger partial charge in [0.1, 0.15) is 67.1 Å². The van der Waals surface area contributed by atoms with E-state index in [9.17, 15) is 51.1 Å². The second-order valence-electron chi connectivity index (χ2n) is 8.32. The van der Waals surface area contributed by atoms with Gasteiger partial charge in [-0.05, 0) is 6.92 Å². The van der Waals surface area contributed by atoms with Gasteiger partial charge < -0.3 is 74.7 Å². The summed E-state index contributed by atoms with van der Waals surface area (Å²) >= 11 is 0. The van der Waals surface area contributed by atoms with Crippen molar-refractivity contribution in [3.63, 3.8) is 0 Å². The third kappa shape index (κ3) is 5.32. The van der Waals surface area contributed by atoms with Crippen LogP contribution in [-0.4, -0.2) is 156 Å². The Balaban J connectivity index is 1.82. The first-order valence-electron chi connectivity index (χ1n) is 10.4. The topological polar surface area (TPSA) is 248 Å². The summed E-state index contributed by atoms with van der Waals surface area (Å²) in [6.07, 6.45) is -24.1. The molecule has 194 valence electrons. The van der Waals surface area contributed by atoms with Crippen LogP contribution in [0.25, 0.3) is 0 Å². The van der Waals surface area contributed by atoms with Crippen molar-refractivity contribution in [1.29, 1.82) is 0 Å². The first-order valence-corrected chi connectivity index (χ1v) is 10.4. The Morgan fingerprint density at radius 2 is 1.03 bits per heavy atom. The molecule has 3 rings (SSSR count). The van der Waals surface area contributed by atoms with Gasteiger partial charge in [0, 0.05) is 0 Å². The SMILES string of the molecule is C[C@@H]1O[C@@H](O[C@H]2[C@H](O)[C@@H](CO)OC(O)[C@@H]2O[C@@H]2O[C@H](CO)[C@@H](O)[C@H](O)[C@H]2O)[C@H](O)[C@H](O)[C@H]1O. The van der Waals surface area contributed by atoms with E-state index in [0.717, 1.165) is 0 Å². The van der Waals surface area contributed by atoms with Crippen LogP contribution in [0.4, 0.5) is 0 Å². The van der Waals surface area contributed by atoms with Crippen molar-refractivity contribution in [2.75, 3.05) is 13.2 Å². The summed E-state index contributed by atoms with van der Waals surface area (Å²) in [5.74, 6) is 0. The summed E-state index contributed by atoms with van der Waals surface area (Å²) < 4.78 is 26.7. The molecule has 0 bridgehead atoms. The second-order valence-corrected chi connectivity index (χ2v) is 8.32. The zero-order chi connectivity index (χ0) is 24.6. The molecule has 15 heteroatoms. The van der Waals surface area contributed by atoms with E-state index in [-0.39, 0.29) is 0 Å². The van der Waals surface area contributed by atoms with Crippen LogP contribution in [0, 0.1) is 0 Å². The first-order chi connectivity index (χ1) is 15.5. The van der Waals surface area contributed by atoms with Crippen molar-refractivity contribution in [3.8, 4) is 0 Å². The summed E-state index contributed by atoms with van der Waals surface area (Å²) in [4.78, 5) is 0. The van der Waals surface area contributed by atoms with Crippen LogP contribution in [0.1, 0.15) is 6.92 Å². The lowest BCUT2D eigenvalue weighted by atomic mass is 9.96. The lowest BCUT2D eigenvalue weighted by Crippen LogP contribution is -2.66. The molecule has 0 amide bonds. The molecule has 15 atom stereocenters. The number of hydrogen-bond acceptors (Lipinski definition) is 15. The van der Waals surface area contributed by atoms with E-state index in [2.05, 4.69) is 0 Å². The van der Waals surface area contributed by atoms with Crippen LogP contribution in [0.2, 0.25) is 0 Å². The van der Waals surface area contributed by atoms with Crippen molar-refractivity contribution >= 4 is 0 Å². The Morgan fingerprint density at radius 1 is 0.545 bits per heavy atom. The molecule has 3 saturated heterocycles. The molecule has 3 aliphatic heterocycles. The maximum atomic E-state index is 10.6. The second kappa shape index (κ2) is 11.0. The Morgan fingerprint density at radius 3 is 1.61 bits per heavy atom. The van der Waals surface area contributed by atoms with Gasteiger partial charge in [-0.25, -0.2) is 0 Å². The van der Waals surface area contributed by atoms with E-state index in [1.54, 1.807) is 0 Å². The normalized spacial score (nSPS) is 53.7. The van der Waals surface area contributed by atoms with Crippen LogP contribution in [0.15, 0.2) is 0 Å². The van der Waals surface area contributed by atoms with Gasteiger partial charge in [0.15, 0.2) is 18.9 Å². The van der Waals surface area contributed by atoms with Crippen molar-refractivity contribution in [2.24, 2.45) is 0 Å². The maximum Gasteiger partial charge on any atom is 0.187 e. The molecule has 3 fully saturated rings. The maximum absolute atomic E-state index is 10.6. The number of hydrogen-bond donors (Lipinski definition) is 10. The number of aliphatic hydroxyl groups excluding tert-OH is 10. The standard InChI is InChI=1S/C18H32O15/c1-4-7(21)10(24)12(26)17(29-4)32-14-9(23)6(3-20)30-16(28)15(14)33-18-13(27)11(25)8(22)5(2-19)31-18/h4-28H,2-3H2,1H3/t4-,5+,6+,7-,8+,9+,10+,11-,12+,13+,14-,15+,16?,17-,18-/m0/s1. The van der Waals surface area contributed by atoms with Gasteiger partial charge in [-0.1, -0.05) is 0 Å². The van der Waals surface area contributed by atoms with Crippen LogP contribution >= 0.6 is 0 Å². The molecule has 0 radical (unpaired) electrons. The molecule has 33 heavy (non-hydrogen) atoms. The molecule has 0 aromatic heterocycles. The molecule has 3 aliphatic rings. The van der Waals surface area contributed by atoms with Gasteiger partial charge in [0.25, 0.3) is 0 Å². The highest BCUT2D eigenvalue weighted by atomic mass is 16.8. The molecule has 1 unspecified atom stereocenters. The van der Waals surface area contributed by atoms with E-state index in [4.69, 9.17) is 23.7 Å². The van der Waals surface area contributed by atoms with Gasteiger partial charge in [0.2, 0.25) is 0 Å².